The van der Waals surface area contributed by atoms with Crippen molar-refractivity contribution in [1.82, 2.24) is 9.21 Å². The molecule has 0 radical (unpaired) electrons. The molecule has 7 nitrogen and oxygen atoms in total. The van der Waals surface area contributed by atoms with Crippen molar-refractivity contribution in [3.05, 3.63) is 11.6 Å². The number of nitrogens with zero attached hydrogens (tertiary/aromatic N) is 2. The molecule has 0 aromatic heterocycles. The third kappa shape index (κ3) is 4.58. The van der Waals surface area contributed by atoms with Crippen LogP contribution in [-0.4, -0.2) is 60.9 Å². The highest BCUT2D eigenvalue weighted by Gasteiger charge is 2.59. The van der Waals surface area contributed by atoms with E-state index in [9.17, 15) is 18.3 Å². The molecule has 36 heavy (non-hydrogen) atoms. The van der Waals surface area contributed by atoms with Gasteiger partial charge in [-0.25, -0.2) is 5.14 Å². The van der Waals surface area contributed by atoms with Crippen LogP contribution in [0.4, 0.5) is 0 Å². The van der Waals surface area contributed by atoms with Crippen molar-refractivity contribution in [2.24, 2.45) is 45.6 Å². The van der Waals surface area contributed by atoms with Gasteiger partial charge in [-0.3, -0.25) is 4.79 Å². The zero-order valence-corrected chi connectivity index (χ0v) is 23.3. The second-order valence-corrected chi connectivity index (χ2v) is 14.8. The third-order valence-electron chi connectivity index (χ3n) is 11.6. The van der Waals surface area contributed by atoms with Crippen LogP contribution in [0.3, 0.4) is 0 Å². The molecule has 5 aliphatic rings. The summed E-state index contributed by atoms with van der Waals surface area (Å²) in [6, 6.07) is 0. The zero-order valence-electron chi connectivity index (χ0n) is 22.5. The molecule has 5 rings (SSSR count). The summed E-state index contributed by atoms with van der Waals surface area (Å²) >= 11 is 0. The van der Waals surface area contributed by atoms with E-state index in [2.05, 4.69) is 26.8 Å². The van der Waals surface area contributed by atoms with Gasteiger partial charge in [0.1, 0.15) is 0 Å². The quantitative estimate of drug-likeness (QED) is 0.539. The Bertz CT molecular complexity index is 991. The summed E-state index contributed by atoms with van der Waals surface area (Å²) in [6.45, 7) is 8.86. The number of aliphatic hydroxyl groups excluding tert-OH is 1. The number of nitrogens with two attached hydrogens (primary N) is 1. The molecule has 0 aromatic rings. The maximum atomic E-state index is 12.9. The van der Waals surface area contributed by atoms with Gasteiger partial charge in [0.2, 0.25) is 5.91 Å². The Morgan fingerprint density at radius 2 is 1.83 bits per heavy atom. The topological polar surface area (TPSA) is 104 Å². The van der Waals surface area contributed by atoms with E-state index in [1.165, 1.54) is 42.0 Å². The summed E-state index contributed by atoms with van der Waals surface area (Å²) in [5, 5.41) is 15.5. The van der Waals surface area contributed by atoms with Crippen LogP contribution in [0.25, 0.3) is 0 Å². The average molecular weight is 522 g/mol. The van der Waals surface area contributed by atoms with Crippen molar-refractivity contribution in [3.8, 4) is 0 Å². The Morgan fingerprint density at radius 1 is 1.11 bits per heavy atom. The van der Waals surface area contributed by atoms with Crippen molar-refractivity contribution in [2.75, 3.05) is 26.2 Å². The summed E-state index contributed by atoms with van der Waals surface area (Å²) in [4.78, 5) is 14.7. The van der Waals surface area contributed by atoms with Gasteiger partial charge < -0.3 is 10.0 Å². The highest BCUT2D eigenvalue weighted by Crippen LogP contribution is 2.67. The van der Waals surface area contributed by atoms with Gasteiger partial charge in [-0.2, -0.15) is 12.7 Å². The molecule has 4 fully saturated rings. The predicted molar refractivity (Wildman–Crippen MR) is 141 cm³/mol. The second-order valence-electron chi connectivity index (χ2n) is 13.2. The van der Waals surface area contributed by atoms with E-state index in [1.54, 1.807) is 0 Å². The number of rotatable bonds is 5. The summed E-state index contributed by atoms with van der Waals surface area (Å²) in [5.41, 5.74) is 2.19. The lowest BCUT2D eigenvalue weighted by molar-refractivity contribution is -0.133. The molecule has 1 aliphatic heterocycles. The third-order valence-corrected chi connectivity index (χ3v) is 12.7. The van der Waals surface area contributed by atoms with Crippen LogP contribution in [0.15, 0.2) is 11.6 Å². The fraction of sp³-hybridized carbons (Fsp3) is 0.893. The van der Waals surface area contributed by atoms with Gasteiger partial charge in [0.05, 0.1) is 6.10 Å². The van der Waals surface area contributed by atoms with Crippen LogP contribution in [0.1, 0.15) is 85.0 Å². The number of hydrogen-bond donors (Lipinski definition) is 2. The van der Waals surface area contributed by atoms with Gasteiger partial charge in [-0.15, -0.1) is 0 Å². The van der Waals surface area contributed by atoms with Crippen LogP contribution in [0.2, 0.25) is 0 Å². The molecule has 3 saturated carbocycles. The first-order valence-electron chi connectivity index (χ1n) is 14.4. The summed E-state index contributed by atoms with van der Waals surface area (Å²) in [6.07, 6.45) is 13.2. The lowest BCUT2D eigenvalue weighted by Gasteiger charge is -2.58. The largest absolute Gasteiger partial charge is 0.393 e. The number of amides is 1. The fourth-order valence-electron chi connectivity index (χ4n) is 9.52. The van der Waals surface area contributed by atoms with Crippen molar-refractivity contribution in [1.29, 1.82) is 0 Å². The number of carbonyl (C=O) groups excluding carboxylic acids is 1. The van der Waals surface area contributed by atoms with E-state index >= 15 is 0 Å². The molecule has 1 unspecified atom stereocenters. The van der Waals surface area contributed by atoms with Gasteiger partial charge >= 0.3 is 0 Å². The highest BCUT2D eigenvalue weighted by atomic mass is 32.2. The first-order valence-corrected chi connectivity index (χ1v) is 15.9. The minimum atomic E-state index is -3.67. The maximum absolute atomic E-state index is 12.9. The molecule has 3 N–H and O–H groups in total. The minimum Gasteiger partial charge on any atom is -0.393 e. The SMILES string of the molecule is CC(CCC(=O)N1CCN(S(N)(=O)=O)CC1)[C@H]1CC[C@H]2[C@@H]3CC=C4C[C@@H](O)CC[C@]4(C)[C@H]3CC[C@]12C. The Hall–Kier alpha value is -0.960. The van der Waals surface area contributed by atoms with Crippen molar-refractivity contribution < 1.29 is 18.3 Å². The fourth-order valence-corrected chi connectivity index (χ4v) is 10.2. The Balaban J connectivity index is 1.19. The van der Waals surface area contributed by atoms with E-state index in [0.29, 0.717) is 49.9 Å². The Morgan fingerprint density at radius 3 is 2.53 bits per heavy atom. The Kier molecular flexibility index (Phi) is 7.14. The molecular formula is C28H47N3O4S. The molecule has 8 atom stereocenters. The minimum absolute atomic E-state index is 0.147. The van der Waals surface area contributed by atoms with Crippen LogP contribution in [-0.2, 0) is 15.0 Å². The zero-order chi connectivity index (χ0) is 25.9. The highest BCUT2D eigenvalue weighted by molar-refractivity contribution is 7.86. The molecule has 0 spiro atoms. The molecule has 0 aromatic carbocycles. The van der Waals surface area contributed by atoms with Gasteiger partial charge in [0, 0.05) is 32.6 Å². The van der Waals surface area contributed by atoms with E-state index in [-0.39, 0.29) is 17.4 Å². The van der Waals surface area contributed by atoms with Gasteiger partial charge in [-0.05, 0) is 98.2 Å². The number of fused-ring (bicyclic) bond motifs is 5. The lowest BCUT2D eigenvalue weighted by Crippen LogP contribution is -2.52. The number of carbonyl (C=O) groups is 1. The average Bonchev–Trinajstić information content (AvgIpc) is 3.19. The summed E-state index contributed by atoms with van der Waals surface area (Å²) in [7, 11) is -3.67. The first-order chi connectivity index (χ1) is 16.9. The molecule has 8 heteroatoms. The molecule has 4 aliphatic carbocycles. The summed E-state index contributed by atoms with van der Waals surface area (Å²) < 4.78 is 24.3. The van der Waals surface area contributed by atoms with Crippen LogP contribution < -0.4 is 5.14 Å². The van der Waals surface area contributed by atoms with E-state index in [4.69, 9.17) is 5.14 Å². The van der Waals surface area contributed by atoms with E-state index in [1.807, 2.05) is 4.90 Å². The number of aliphatic hydroxyl groups is 1. The van der Waals surface area contributed by atoms with Gasteiger partial charge in [-0.1, -0.05) is 32.4 Å². The van der Waals surface area contributed by atoms with Crippen LogP contribution >= 0.6 is 0 Å². The van der Waals surface area contributed by atoms with Gasteiger partial charge in [0.15, 0.2) is 0 Å². The molecule has 1 saturated heterocycles. The lowest BCUT2D eigenvalue weighted by atomic mass is 9.47. The standard InChI is InChI=1S/C28H47N3O4S/c1-19(4-9-26(33)30-14-16-31(17-15-30)36(29,34)35)23-7-8-24-22-6-5-20-18-21(32)10-12-27(20,2)25(22)11-13-28(23,24)3/h5,19,21-25,32H,4,6-18H2,1-3H3,(H2,29,34,35)/t19?,21-,22-,23+,24-,25-,27-,28+/m0/s1. The van der Waals surface area contributed by atoms with Gasteiger partial charge in [0.25, 0.3) is 10.2 Å². The molecule has 1 heterocycles. The number of piperazine rings is 1. The number of allylic oxidation sites excluding steroid dienone is 1. The van der Waals surface area contributed by atoms with Crippen molar-refractivity contribution in [3.63, 3.8) is 0 Å². The predicted octanol–water partition coefficient (Wildman–Crippen LogP) is 3.69. The summed E-state index contributed by atoms with van der Waals surface area (Å²) in [5.74, 6) is 3.63. The monoisotopic (exact) mass is 521 g/mol. The first kappa shape index (κ1) is 26.6. The Labute approximate surface area is 218 Å². The smallest absolute Gasteiger partial charge is 0.277 e. The van der Waals surface area contributed by atoms with E-state index < -0.39 is 10.2 Å². The second kappa shape index (κ2) is 9.65. The van der Waals surface area contributed by atoms with Crippen molar-refractivity contribution in [2.45, 2.75) is 91.1 Å². The van der Waals surface area contributed by atoms with Crippen molar-refractivity contribution >= 4 is 16.1 Å². The maximum Gasteiger partial charge on any atom is 0.277 e. The van der Waals surface area contributed by atoms with Crippen LogP contribution in [0, 0.1) is 40.4 Å². The van der Waals surface area contributed by atoms with Crippen LogP contribution in [0.5, 0.6) is 0 Å². The molecule has 1 amide bonds. The molecule has 204 valence electrons. The number of hydrogen-bond acceptors (Lipinski definition) is 4. The molecule has 0 bridgehead atoms. The van der Waals surface area contributed by atoms with E-state index in [0.717, 1.165) is 43.4 Å². The molecular weight excluding hydrogens is 474 g/mol. The normalized spacial score (nSPS) is 42.2.